The number of rotatable bonds is 5. The first-order chi connectivity index (χ1) is 10.0. The molecule has 0 aliphatic carbocycles. The number of amides is 1. The van der Waals surface area contributed by atoms with E-state index >= 15 is 0 Å². The second kappa shape index (κ2) is 6.00. The van der Waals surface area contributed by atoms with Gasteiger partial charge in [0.1, 0.15) is 17.3 Å². The van der Waals surface area contributed by atoms with Crippen molar-refractivity contribution in [3.05, 3.63) is 36.0 Å². The van der Waals surface area contributed by atoms with Gasteiger partial charge in [-0.15, -0.1) is 0 Å². The Kier molecular flexibility index (Phi) is 4.13. The molecule has 1 aromatic heterocycles. The summed E-state index contributed by atoms with van der Waals surface area (Å²) in [5.41, 5.74) is 12.0. The average Bonchev–Trinajstić information content (AvgIpc) is 2.49. The third-order valence-corrected chi connectivity index (χ3v) is 2.87. The maximum absolute atomic E-state index is 11.3. The second-order valence-corrected chi connectivity index (χ2v) is 4.21. The zero-order valence-electron chi connectivity index (χ0n) is 11.7. The highest BCUT2D eigenvalue weighted by Gasteiger charge is 2.10. The molecule has 1 amide bonds. The number of aromatic nitrogens is 1. The Morgan fingerprint density at radius 2 is 2.00 bits per heavy atom. The highest BCUT2D eigenvalue weighted by molar-refractivity contribution is 5.98. The van der Waals surface area contributed by atoms with Crippen LogP contribution in [0.15, 0.2) is 30.5 Å². The van der Waals surface area contributed by atoms with Gasteiger partial charge in [-0.3, -0.25) is 4.79 Å². The van der Waals surface area contributed by atoms with E-state index in [0.717, 1.165) is 0 Å². The van der Waals surface area contributed by atoms with Crippen molar-refractivity contribution in [1.29, 1.82) is 0 Å². The lowest BCUT2D eigenvalue weighted by molar-refractivity contribution is 0.100. The van der Waals surface area contributed by atoms with E-state index in [2.05, 4.69) is 10.3 Å². The number of hydrogen-bond donors (Lipinski definition) is 3. The fourth-order valence-corrected chi connectivity index (χ4v) is 1.79. The topological polar surface area (TPSA) is 112 Å². The van der Waals surface area contributed by atoms with Gasteiger partial charge >= 0.3 is 0 Å². The first kappa shape index (κ1) is 14.4. The van der Waals surface area contributed by atoms with Crippen molar-refractivity contribution >= 4 is 23.1 Å². The summed E-state index contributed by atoms with van der Waals surface area (Å²) in [7, 11) is 3.12. The summed E-state index contributed by atoms with van der Waals surface area (Å²) >= 11 is 0. The monoisotopic (exact) mass is 288 g/mol. The number of primary amides is 1. The number of ether oxygens (including phenoxy) is 2. The van der Waals surface area contributed by atoms with E-state index in [1.54, 1.807) is 32.4 Å². The summed E-state index contributed by atoms with van der Waals surface area (Å²) in [6.07, 6.45) is 1.37. The molecule has 110 valence electrons. The van der Waals surface area contributed by atoms with E-state index in [4.69, 9.17) is 20.9 Å². The smallest absolute Gasteiger partial charge is 0.250 e. The molecule has 5 N–H and O–H groups in total. The van der Waals surface area contributed by atoms with Gasteiger partial charge < -0.3 is 26.3 Å². The van der Waals surface area contributed by atoms with Gasteiger partial charge in [0.2, 0.25) is 0 Å². The van der Waals surface area contributed by atoms with Gasteiger partial charge in [0, 0.05) is 6.07 Å². The molecule has 1 heterocycles. The highest BCUT2D eigenvalue weighted by Crippen LogP contribution is 2.31. The maximum atomic E-state index is 11.3. The van der Waals surface area contributed by atoms with Crippen molar-refractivity contribution in [1.82, 2.24) is 4.98 Å². The Morgan fingerprint density at radius 3 is 2.62 bits per heavy atom. The molecular weight excluding hydrogens is 272 g/mol. The predicted molar refractivity (Wildman–Crippen MR) is 80.0 cm³/mol. The van der Waals surface area contributed by atoms with Gasteiger partial charge in [-0.1, -0.05) is 0 Å². The van der Waals surface area contributed by atoms with Crippen LogP contribution >= 0.6 is 0 Å². The molecule has 0 aliphatic heterocycles. The van der Waals surface area contributed by atoms with Crippen LogP contribution in [0.1, 0.15) is 10.4 Å². The molecule has 2 rings (SSSR count). The van der Waals surface area contributed by atoms with Gasteiger partial charge in [0.15, 0.2) is 0 Å². The first-order valence-electron chi connectivity index (χ1n) is 6.09. The quantitative estimate of drug-likeness (QED) is 0.769. The van der Waals surface area contributed by atoms with Gasteiger partial charge in [-0.05, 0) is 18.2 Å². The number of benzene rings is 1. The molecule has 0 atom stereocenters. The Hall–Kier alpha value is -2.96. The summed E-state index contributed by atoms with van der Waals surface area (Å²) in [5, 5.41) is 3.04. The molecule has 7 heteroatoms. The number of nitrogens with two attached hydrogens (primary N) is 2. The van der Waals surface area contributed by atoms with Crippen LogP contribution in [0.2, 0.25) is 0 Å². The lowest BCUT2D eigenvalue weighted by Gasteiger charge is -2.12. The van der Waals surface area contributed by atoms with Crippen molar-refractivity contribution in [2.24, 2.45) is 5.73 Å². The normalized spacial score (nSPS) is 10.0. The lowest BCUT2D eigenvalue weighted by atomic mass is 10.2. The van der Waals surface area contributed by atoms with Crippen molar-refractivity contribution < 1.29 is 14.3 Å². The second-order valence-electron chi connectivity index (χ2n) is 4.21. The van der Waals surface area contributed by atoms with Gasteiger partial charge in [-0.25, -0.2) is 4.98 Å². The largest absolute Gasteiger partial charge is 0.497 e. The number of pyridine rings is 1. The van der Waals surface area contributed by atoms with Crippen LogP contribution in [0, 0.1) is 0 Å². The van der Waals surface area contributed by atoms with Gasteiger partial charge in [-0.2, -0.15) is 0 Å². The molecular formula is C14H16N4O3. The lowest BCUT2D eigenvalue weighted by Crippen LogP contribution is -2.14. The molecule has 0 aliphatic rings. The number of nitrogen functional groups attached to an aromatic ring is 1. The van der Waals surface area contributed by atoms with E-state index in [0.29, 0.717) is 23.0 Å². The van der Waals surface area contributed by atoms with Crippen LogP contribution in [0.3, 0.4) is 0 Å². The van der Waals surface area contributed by atoms with E-state index in [1.165, 1.54) is 12.3 Å². The minimum atomic E-state index is -0.611. The number of methoxy groups -OCH3 is 2. The predicted octanol–water partition coefficient (Wildman–Crippen LogP) is 1.52. The molecule has 0 spiro atoms. The van der Waals surface area contributed by atoms with Crippen LogP contribution in [-0.2, 0) is 0 Å². The van der Waals surface area contributed by atoms with Crippen molar-refractivity contribution in [3.8, 4) is 11.5 Å². The fraction of sp³-hybridized carbons (Fsp3) is 0.143. The van der Waals surface area contributed by atoms with E-state index < -0.39 is 5.91 Å². The van der Waals surface area contributed by atoms with E-state index in [9.17, 15) is 4.79 Å². The number of carbonyl (C=O) groups excluding carboxylic acids is 1. The molecule has 0 unspecified atom stereocenters. The van der Waals surface area contributed by atoms with Crippen LogP contribution in [0.25, 0.3) is 0 Å². The Morgan fingerprint density at radius 1 is 1.24 bits per heavy atom. The number of nitrogens with one attached hydrogen (secondary N) is 1. The SMILES string of the molecule is COc1ccc(Nc2cc(C(N)=O)c(N)cn2)c(OC)c1. The summed E-state index contributed by atoms with van der Waals surface area (Å²) in [5.74, 6) is 1.07. The molecule has 0 radical (unpaired) electrons. The van der Waals surface area contributed by atoms with Crippen LogP contribution in [0.4, 0.5) is 17.2 Å². The molecule has 7 nitrogen and oxygen atoms in total. The molecule has 0 saturated carbocycles. The minimum Gasteiger partial charge on any atom is -0.497 e. The molecule has 2 aromatic rings. The van der Waals surface area contributed by atoms with Crippen molar-refractivity contribution in [2.45, 2.75) is 0 Å². The maximum Gasteiger partial charge on any atom is 0.250 e. The molecule has 1 aromatic carbocycles. The van der Waals surface area contributed by atoms with E-state index in [-0.39, 0.29) is 11.3 Å². The Bertz CT molecular complexity index is 673. The highest BCUT2D eigenvalue weighted by atomic mass is 16.5. The zero-order valence-corrected chi connectivity index (χ0v) is 11.7. The molecule has 0 saturated heterocycles. The van der Waals surface area contributed by atoms with Crippen LogP contribution in [-0.4, -0.2) is 25.1 Å². The zero-order chi connectivity index (χ0) is 15.4. The summed E-state index contributed by atoms with van der Waals surface area (Å²) in [6, 6.07) is 6.77. The minimum absolute atomic E-state index is 0.208. The van der Waals surface area contributed by atoms with Crippen LogP contribution < -0.4 is 26.3 Å². The summed E-state index contributed by atoms with van der Waals surface area (Å²) in [4.78, 5) is 15.4. The molecule has 0 fully saturated rings. The standard InChI is InChI=1S/C14H16N4O3/c1-20-8-3-4-11(12(5-8)21-2)18-13-6-9(14(16)19)10(15)7-17-13/h3-7H,15H2,1-2H3,(H2,16,19)(H,17,18). The summed E-state index contributed by atoms with van der Waals surface area (Å²) < 4.78 is 10.4. The summed E-state index contributed by atoms with van der Waals surface area (Å²) in [6.45, 7) is 0. The third-order valence-electron chi connectivity index (χ3n) is 2.87. The average molecular weight is 288 g/mol. The van der Waals surface area contributed by atoms with E-state index in [1.807, 2.05) is 0 Å². The third kappa shape index (κ3) is 3.14. The van der Waals surface area contributed by atoms with Crippen molar-refractivity contribution in [2.75, 3.05) is 25.3 Å². The fourth-order valence-electron chi connectivity index (χ4n) is 1.79. The molecule has 21 heavy (non-hydrogen) atoms. The number of carbonyl (C=O) groups is 1. The number of anilines is 3. The van der Waals surface area contributed by atoms with Crippen LogP contribution in [0.5, 0.6) is 11.5 Å². The van der Waals surface area contributed by atoms with Crippen molar-refractivity contribution in [3.63, 3.8) is 0 Å². The first-order valence-corrected chi connectivity index (χ1v) is 6.09. The molecule has 0 bridgehead atoms. The van der Waals surface area contributed by atoms with Gasteiger partial charge in [0.05, 0.1) is 37.4 Å². The Balaban J connectivity index is 2.34. The Labute approximate surface area is 121 Å². The van der Waals surface area contributed by atoms with Gasteiger partial charge in [0.25, 0.3) is 5.91 Å². The number of nitrogens with zero attached hydrogens (tertiary/aromatic N) is 1. The number of hydrogen-bond acceptors (Lipinski definition) is 6.